The van der Waals surface area contributed by atoms with E-state index in [1.54, 1.807) is 0 Å². The largest absolute Gasteiger partial charge is 0.381 e. The SMILES string of the molecule is CC(C)COCCCNNC(C)c1ccc(Cl)cc1. The van der Waals surface area contributed by atoms with Crippen LogP contribution >= 0.6 is 11.6 Å². The maximum atomic E-state index is 5.86. The number of benzene rings is 1. The number of halogens is 1. The van der Waals surface area contributed by atoms with Crippen LogP contribution in [-0.2, 0) is 4.74 Å². The van der Waals surface area contributed by atoms with Gasteiger partial charge in [0.25, 0.3) is 0 Å². The Bertz CT molecular complexity index is 341. The van der Waals surface area contributed by atoms with E-state index in [0.717, 1.165) is 31.2 Å². The fourth-order valence-electron chi connectivity index (χ4n) is 1.64. The molecule has 0 aliphatic rings. The van der Waals surface area contributed by atoms with Crippen LogP contribution in [0.5, 0.6) is 0 Å². The zero-order valence-corrected chi connectivity index (χ0v) is 12.8. The van der Waals surface area contributed by atoms with E-state index in [1.165, 1.54) is 5.56 Å². The van der Waals surface area contributed by atoms with Crippen molar-refractivity contribution in [2.75, 3.05) is 19.8 Å². The molecule has 0 aliphatic carbocycles. The van der Waals surface area contributed by atoms with Gasteiger partial charge in [-0.15, -0.1) is 0 Å². The zero-order valence-electron chi connectivity index (χ0n) is 12.1. The number of hydrogen-bond acceptors (Lipinski definition) is 3. The van der Waals surface area contributed by atoms with Gasteiger partial charge >= 0.3 is 0 Å². The minimum absolute atomic E-state index is 0.258. The highest BCUT2D eigenvalue weighted by molar-refractivity contribution is 6.30. The molecule has 3 nitrogen and oxygen atoms in total. The van der Waals surface area contributed by atoms with Gasteiger partial charge in [-0.1, -0.05) is 37.6 Å². The van der Waals surface area contributed by atoms with Crippen LogP contribution in [0.2, 0.25) is 5.02 Å². The van der Waals surface area contributed by atoms with Crippen molar-refractivity contribution in [2.45, 2.75) is 33.2 Å². The summed E-state index contributed by atoms with van der Waals surface area (Å²) in [6.45, 7) is 8.99. The Morgan fingerprint density at radius 2 is 1.84 bits per heavy atom. The van der Waals surface area contributed by atoms with E-state index in [4.69, 9.17) is 16.3 Å². The molecule has 0 aliphatic heterocycles. The van der Waals surface area contributed by atoms with E-state index in [9.17, 15) is 0 Å². The molecule has 0 heterocycles. The summed E-state index contributed by atoms with van der Waals surface area (Å²) >= 11 is 5.86. The second kappa shape index (κ2) is 9.32. The summed E-state index contributed by atoms with van der Waals surface area (Å²) in [5.74, 6) is 0.607. The molecule has 1 atom stereocenters. The van der Waals surface area contributed by atoms with Gasteiger partial charge in [0.2, 0.25) is 0 Å². The van der Waals surface area contributed by atoms with Gasteiger partial charge in [-0.3, -0.25) is 10.9 Å². The lowest BCUT2D eigenvalue weighted by Gasteiger charge is -2.15. The van der Waals surface area contributed by atoms with Crippen LogP contribution in [0.4, 0.5) is 0 Å². The molecule has 0 saturated carbocycles. The first-order chi connectivity index (χ1) is 9.09. The van der Waals surface area contributed by atoms with Gasteiger partial charge in [0.1, 0.15) is 0 Å². The fraction of sp³-hybridized carbons (Fsp3) is 0.600. The summed E-state index contributed by atoms with van der Waals surface area (Å²) in [5.41, 5.74) is 7.71. The van der Waals surface area contributed by atoms with Crippen molar-refractivity contribution in [3.8, 4) is 0 Å². The predicted molar refractivity (Wildman–Crippen MR) is 81.3 cm³/mol. The highest BCUT2D eigenvalue weighted by Gasteiger charge is 2.03. The van der Waals surface area contributed by atoms with Crippen LogP contribution < -0.4 is 10.9 Å². The van der Waals surface area contributed by atoms with Gasteiger partial charge < -0.3 is 4.74 Å². The normalized spacial score (nSPS) is 12.9. The molecular weight excluding hydrogens is 260 g/mol. The van der Waals surface area contributed by atoms with Gasteiger partial charge in [0.05, 0.1) is 0 Å². The van der Waals surface area contributed by atoms with Crippen LogP contribution in [0, 0.1) is 5.92 Å². The van der Waals surface area contributed by atoms with E-state index < -0.39 is 0 Å². The van der Waals surface area contributed by atoms with E-state index in [2.05, 4.69) is 31.6 Å². The summed E-state index contributed by atoms with van der Waals surface area (Å²) in [6.07, 6.45) is 1.01. The Kier molecular flexibility index (Phi) is 8.07. The number of rotatable bonds is 9. The molecule has 1 aromatic carbocycles. The average molecular weight is 285 g/mol. The fourth-order valence-corrected chi connectivity index (χ4v) is 1.77. The van der Waals surface area contributed by atoms with Crippen LogP contribution in [0.25, 0.3) is 0 Å². The van der Waals surface area contributed by atoms with E-state index >= 15 is 0 Å². The van der Waals surface area contributed by atoms with E-state index in [1.807, 2.05) is 24.3 Å². The van der Waals surface area contributed by atoms with E-state index in [0.29, 0.717) is 5.92 Å². The number of hydrogen-bond donors (Lipinski definition) is 2. The topological polar surface area (TPSA) is 33.3 Å². The van der Waals surface area contributed by atoms with Crippen LogP contribution in [0.1, 0.15) is 38.8 Å². The van der Waals surface area contributed by atoms with Gasteiger partial charge in [-0.05, 0) is 37.0 Å². The molecule has 19 heavy (non-hydrogen) atoms. The summed E-state index contributed by atoms with van der Waals surface area (Å²) in [7, 11) is 0. The molecule has 1 aromatic rings. The lowest BCUT2D eigenvalue weighted by Crippen LogP contribution is -2.35. The zero-order chi connectivity index (χ0) is 14.1. The molecule has 1 unspecified atom stereocenters. The Balaban J connectivity index is 2.07. The van der Waals surface area contributed by atoms with E-state index in [-0.39, 0.29) is 6.04 Å². The van der Waals surface area contributed by atoms with Crippen molar-refractivity contribution in [3.63, 3.8) is 0 Å². The average Bonchev–Trinajstić information content (AvgIpc) is 2.38. The van der Waals surface area contributed by atoms with Crippen molar-refractivity contribution >= 4 is 11.6 Å². The first-order valence-corrected chi connectivity index (χ1v) is 7.29. The number of nitrogens with one attached hydrogen (secondary N) is 2. The van der Waals surface area contributed by atoms with Gasteiger partial charge in [-0.25, -0.2) is 0 Å². The standard InChI is InChI=1S/C15H25ClN2O/c1-12(2)11-19-10-4-9-17-18-13(3)14-5-7-15(16)8-6-14/h5-8,12-13,17-18H,4,9-11H2,1-3H3. The first-order valence-electron chi connectivity index (χ1n) is 6.91. The summed E-state index contributed by atoms with van der Waals surface area (Å²) < 4.78 is 5.52. The maximum Gasteiger partial charge on any atom is 0.0489 e. The van der Waals surface area contributed by atoms with Crippen molar-refractivity contribution in [2.24, 2.45) is 5.92 Å². The highest BCUT2D eigenvalue weighted by Crippen LogP contribution is 2.15. The quantitative estimate of drug-likeness (QED) is 0.537. The van der Waals surface area contributed by atoms with Crippen molar-refractivity contribution in [3.05, 3.63) is 34.9 Å². The Morgan fingerprint density at radius 3 is 2.47 bits per heavy atom. The van der Waals surface area contributed by atoms with Crippen LogP contribution in [-0.4, -0.2) is 19.8 Å². The Hall–Kier alpha value is -0.610. The molecule has 0 aromatic heterocycles. The molecule has 4 heteroatoms. The minimum atomic E-state index is 0.258. The first kappa shape index (κ1) is 16.4. The number of hydrazine groups is 1. The Labute approximate surface area is 121 Å². The predicted octanol–water partition coefficient (Wildman–Crippen LogP) is 3.56. The third kappa shape index (κ3) is 7.53. The molecule has 0 amide bonds. The van der Waals surface area contributed by atoms with Gasteiger partial charge in [0, 0.05) is 30.8 Å². The number of ether oxygens (including phenoxy) is 1. The van der Waals surface area contributed by atoms with Crippen LogP contribution in [0.15, 0.2) is 24.3 Å². The van der Waals surface area contributed by atoms with Gasteiger partial charge in [-0.2, -0.15) is 0 Å². The summed E-state index contributed by atoms with van der Waals surface area (Å²) in [5, 5.41) is 0.770. The molecule has 0 saturated heterocycles. The van der Waals surface area contributed by atoms with Gasteiger partial charge in [0.15, 0.2) is 0 Å². The van der Waals surface area contributed by atoms with Crippen molar-refractivity contribution in [1.29, 1.82) is 0 Å². The third-order valence-electron chi connectivity index (χ3n) is 2.73. The molecule has 0 spiro atoms. The van der Waals surface area contributed by atoms with Crippen LogP contribution in [0.3, 0.4) is 0 Å². The molecular formula is C15H25ClN2O. The van der Waals surface area contributed by atoms with Crippen molar-refractivity contribution in [1.82, 2.24) is 10.9 Å². The second-order valence-corrected chi connectivity index (χ2v) is 5.60. The molecule has 1 rings (SSSR count). The second-order valence-electron chi connectivity index (χ2n) is 5.17. The molecule has 0 radical (unpaired) electrons. The maximum absolute atomic E-state index is 5.86. The smallest absolute Gasteiger partial charge is 0.0489 e. The molecule has 0 fully saturated rings. The molecule has 108 valence electrons. The highest BCUT2D eigenvalue weighted by atomic mass is 35.5. The lowest BCUT2D eigenvalue weighted by molar-refractivity contribution is 0.107. The minimum Gasteiger partial charge on any atom is -0.381 e. The summed E-state index contributed by atoms with van der Waals surface area (Å²) in [4.78, 5) is 0. The Morgan fingerprint density at radius 1 is 1.16 bits per heavy atom. The lowest BCUT2D eigenvalue weighted by atomic mass is 10.1. The van der Waals surface area contributed by atoms with Crippen molar-refractivity contribution < 1.29 is 4.74 Å². The monoisotopic (exact) mass is 284 g/mol. The molecule has 2 N–H and O–H groups in total. The summed E-state index contributed by atoms with van der Waals surface area (Å²) in [6, 6.07) is 8.15. The molecule has 0 bridgehead atoms. The third-order valence-corrected chi connectivity index (χ3v) is 2.98.